The van der Waals surface area contributed by atoms with E-state index in [1.165, 1.54) is 24.3 Å². The number of hydrogen-bond donors (Lipinski definition) is 2. The summed E-state index contributed by atoms with van der Waals surface area (Å²) in [6.45, 7) is 1.98. The van der Waals surface area contributed by atoms with Gasteiger partial charge < -0.3 is 15.5 Å². The molecule has 0 unspecified atom stereocenters. The van der Waals surface area contributed by atoms with E-state index in [1.54, 1.807) is 19.0 Å². The molecule has 1 saturated heterocycles. The summed E-state index contributed by atoms with van der Waals surface area (Å²) in [5.41, 5.74) is 0.554. The van der Waals surface area contributed by atoms with Crippen molar-refractivity contribution in [1.29, 1.82) is 0 Å². The average molecular weight is 322 g/mol. The van der Waals surface area contributed by atoms with Crippen LogP contribution in [0.15, 0.2) is 24.3 Å². The maximum Gasteiger partial charge on any atom is 0.319 e. The molecular weight excluding hydrogens is 299 g/mol. The number of piperidine rings is 1. The van der Waals surface area contributed by atoms with E-state index in [0.717, 1.165) is 25.9 Å². The van der Waals surface area contributed by atoms with Crippen molar-refractivity contribution in [3.63, 3.8) is 0 Å². The number of amides is 3. The van der Waals surface area contributed by atoms with Crippen LogP contribution in [0.25, 0.3) is 0 Å². The van der Waals surface area contributed by atoms with Crippen molar-refractivity contribution in [2.24, 2.45) is 0 Å². The zero-order valence-corrected chi connectivity index (χ0v) is 13.5. The number of urea groups is 1. The zero-order chi connectivity index (χ0) is 16.8. The number of nitrogens with zero attached hydrogens (tertiary/aromatic N) is 2. The minimum atomic E-state index is -0.337. The predicted molar refractivity (Wildman–Crippen MR) is 86.7 cm³/mol. The molecule has 7 heteroatoms. The van der Waals surface area contributed by atoms with Crippen LogP contribution in [0.3, 0.4) is 0 Å². The first-order chi connectivity index (χ1) is 10.9. The van der Waals surface area contributed by atoms with E-state index in [2.05, 4.69) is 15.5 Å². The molecule has 1 fully saturated rings. The fraction of sp³-hybridized carbons (Fsp3) is 0.500. The molecule has 1 heterocycles. The van der Waals surface area contributed by atoms with Crippen molar-refractivity contribution in [3.8, 4) is 0 Å². The van der Waals surface area contributed by atoms with E-state index in [9.17, 15) is 14.0 Å². The third kappa shape index (κ3) is 5.52. The summed E-state index contributed by atoms with van der Waals surface area (Å²) in [5, 5.41) is 5.60. The number of nitrogens with one attached hydrogen (secondary N) is 2. The van der Waals surface area contributed by atoms with Crippen molar-refractivity contribution in [2.45, 2.75) is 18.9 Å². The summed E-state index contributed by atoms with van der Waals surface area (Å²) < 4.78 is 12.8. The zero-order valence-electron chi connectivity index (χ0n) is 13.5. The van der Waals surface area contributed by atoms with Gasteiger partial charge in [0, 0.05) is 38.9 Å². The lowest BCUT2D eigenvalue weighted by Crippen LogP contribution is -2.48. The summed E-state index contributed by atoms with van der Waals surface area (Å²) in [7, 11) is 3.49. The van der Waals surface area contributed by atoms with Crippen LogP contribution in [0.5, 0.6) is 0 Å². The molecule has 0 saturated carbocycles. The van der Waals surface area contributed by atoms with Crippen LogP contribution < -0.4 is 10.6 Å². The number of likely N-dealkylation sites (N-methyl/N-ethyl adjacent to an activating group) is 1. The fourth-order valence-corrected chi connectivity index (χ4v) is 2.45. The molecule has 1 aliphatic heterocycles. The van der Waals surface area contributed by atoms with Gasteiger partial charge in [0.25, 0.3) is 0 Å². The fourth-order valence-electron chi connectivity index (χ4n) is 2.45. The Morgan fingerprint density at radius 3 is 2.39 bits per heavy atom. The summed E-state index contributed by atoms with van der Waals surface area (Å²) in [5.74, 6) is -0.249. The second-order valence-corrected chi connectivity index (χ2v) is 5.94. The lowest BCUT2D eigenvalue weighted by molar-refractivity contribution is -0.130. The lowest BCUT2D eigenvalue weighted by atomic mass is 10.1. The monoisotopic (exact) mass is 322 g/mol. The Balaban J connectivity index is 1.72. The van der Waals surface area contributed by atoms with Gasteiger partial charge in [-0.2, -0.15) is 0 Å². The molecule has 0 bridgehead atoms. The van der Waals surface area contributed by atoms with Gasteiger partial charge in [-0.1, -0.05) is 0 Å². The van der Waals surface area contributed by atoms with E-state index in [1.807, 2.05) is 0 Å². The van der Waals surface area contributed by atoms with Crippen molar-refractivity contribution >= 4 is 17.6 Å². The highest BCUT2D eigenvalue weighted by Gasteiger charge is 2.22. The van der Waals surface area contributed by atoms with Crippen molar-refractivity contribution in [2.75, 3.05) is 39.0 Å². The first-order valence-electron chi connectivity index (χ1n) is 7.69. The topological polar surface area (TPSA) is 64.7 Å². The molecule has 3 amide bonds. The molecular formula is C16H23FN4O2. The largest absolute Gasteiger partial charge is 0.348 e. The molecule has 0 aromatic heterocycles. The average Bonchev–Trinajstić information content (AvgIpc) is 2.51. The van der Waals surface area contributed by atoms with Crippen LogP contribution in [0.2, 0.25) is 0 Å². The molecule has 1 aromatic carbocycles. The van der Waals surface area contributed by atoms with Gasteiger partial charge in [-0.25, -0.2) is 9.18 Å². The Labute approximate surface area is 135 Å². The highest BCUT2D eigenvalue weighted by molar-refractivity contribution is 5.89. The van der Waals surface area contributed by atoms with E-state index >= 15 is 0 Å². The van der Waals surface area contributed by atoms with Gasteiger partial charge in [-0.15, -0.1) is 0 Å². The third-order valence-electron chi connectivity index (χ3n) is 3.88. The van der Waals surface area contributed by atoms with Crippen molar-refractivity contribution in [3.05, 3.63) is 30.1 Å². The summed E-state index contributed by atoms with van der Waals surface area (Å²) in [6.07, 6.45) is 1.61. The predicted octanol–water partition coefficient (Wildman–Crippen LogP) is 1.50. The molecule has 1 aliphatic rings. The minimum Gasteiger partial charge on any atom is -0.348 e. The highest BCUT2D eigenvalue weighted by atomic mass is 19.1. The van der Waals surface area contributed by atoms with Crippen LogP contribution >= 0.6 is 0 Å². The number of benzene rings is 1. The Morgan fingerprint density at radius 2 is 1.83 bits per heavy atom. The molecule has 0 atom stereocenters. The first kappa shape index (κ1) is 17.2. The smallest absolute Gasteiger partial charge is 0.319 e. The molecule has 23 heavy (non-hydrogen) atoms. The molecule has 2 rings (SSSR count). The number of hydrogen-bond acceptors (Lipinski definition) is 3. The molecule has 0 aliphatic carbocycles. The number of rotatable bonds is 4. The van der Waals surface area contributed by atoms with E-state index in [4.69, 9.17) is 0 Å². The SMILES string of the molecule is CN(C)C(=O)CN1CCC(NC(=O)Nc2ccc(F)cc2)CC1. The van der Waals surface area contributed by atoms with Gasteiger partial charge >= 0.3 is 6.03 Å². The van der Waals surface area contributed by atoms with Crippen LogP contribution in [0, 0.1) is 5.82 Å². The van der Waals surface area contributed by atoms with Gasteiger partial charge in [0.2, 0.25) is 5.91 Å². The second-order valence-electron chi connectivity index (χ2n) is 5.94. The summed E-state index contributed by atoms with van der Waals surface area (Å²) in [6, 6.07) is 5.43. The molecule has 0 spiro atoms. The van der Waals surface area contributed by atoms with Crippen LogP contribution in [0.1, 0.15) is 12.8 Å². The van der Waals surface area contributed by atoms with Gasteiger partial charge in [0.15, 0.2) is 0 Å². The van der Waals surface area contributed by atoms with Crippen molar-refractivity contribution in [1.82, 2.24) is 15.1 Å². The lowest BCUT2D eigenvalue weighted by Gasteiger charge is -2.32. The minimum absolute atomic E-state index is 0.0844. The number of anilines is 1. The Hall–Kier alpha value is -2.15. The Morgan fingerprint density at radius 1 is 1.22 bits per heavy atom. The summed E-state index contributed by atoms with van der Waals surface area (Å²) in [4.78, 5) is 27.3. The highest BCUT2D eigenvalue weighted by Crippen LogP contribution is 2.12. The quantitative estimate of drug-likeness (QED) is 0.883. The Kier molecular flexibility index (Phi) is 5.92. The number of likely N-dealkylation sites (tertiary alicyclic amines) is 1. The number of halogens is 1. The number of carbonyl (C=O) groups excluding carboxylic acids is 2. The van der Waals surface area contributed by atoms with Crippen LogP contribution in [-0.2, 0) is 4.79 Å². The van der Waals surface area contributed by atoms with Crippen molar-refractivity contribution < 1.29 is 14.0 Å². The standard InChI is InChI=1S/C16H23FN4O2/c1-20(2)15(22)11-21-9-7-14(8-10-21)19-16(23)18-13-5-3-12(17)4-6-13/h3-6,14H,7-11H2,1-2H3,(H2,18,19,23). The van der Waals surface area contributed by atoms with Crippen LogP contribution in [-0.4, -0.2) is 61.5 Å². The third-order valence-corrected chi connectivity index (χ3v) is 3.88. The van der Waals surface area contributed by atoms with Gasteiger partial charge in [-0.05, 0) is 37.1 Å². The molecule has 6 nitrogen and oxygen atoms in total. The molecule has 2 N–H and O–H groups in total. The first-order valence-corrected chi connectivity index (χ1v) is 7.69. The van der Waals surface area contributed by atoms with Gasteiger partial charge in [0.1, 0.15) is 5.82 Å². The van der Waals surface area contributed by atoms with Crippen LogP contribution in [0.4, 0.5) is 14.9 Å². The van der Waals surface area contributed by atoms with Gasteiger partial charge in [0.05, 0.1) is 6.54 Å². The normalized spacial score (nSPS) is 16.0. The Bertz CT molecular complexity index is 540. The van der Waals surface area contributed by atoms with E-state index in [-0.39, 0.29) is 23.8 Å². The van der Waals surface area contributed by atoms with E-state index < -0.39 is 0 Å². The van der Waals surface area contributed by atoms with E-state index in [0.29, 0.717) is 12.2 Å². The maximum atomic E-state index is 12.8. The molecule has 1 aromatic rings. The maximum absolute atomic E-state index is 12.8. The molecule has 126 valence electrons. The second kappa shape index (κ2) is 7.92. The summed E-state index contributed by atoms with van der Waals surface area (Å²) >= 11 is 0. The number of carbonyl (C=O) groups is 2. The molecule has 0 radical (unpaired) electrons. The van der Waals surface area contributed by atoms with Gasteiger partial charge in [-0.3, -0.25) is 9.69 Å².